The Balaban J connectivity index is 2.55. The predicted octanol–water partition coefficient (Wildman–Crippen LogP) is 2.26. The van der Waals surface area contributed by atoms with Gasteiger partial charge in [-0.05, 0) is 35.0 Å². The second-order valence-corrected chi connectivity index (χ2v) is 4.42. The minimum absolute atomic E-state index is 0.0242. The van der Waals surface area contributed by atoms with Gasteiger partial charge >= 0.3 is 0 Å². The van der Waals surface area contributed by atoms with Gasteiger partial charge in [0.2, 0.25) is 5.78 Å². The van der Waals surface area contributed by atoms with Gasteiger partial charge in [-0.25, -0.2) is 9.07 Å². The fourth-order valence-corrected chi connectivity index (χ4v) is 2.02. The van der Waals surface area contributed by atoms with Gasteiger partial charge in [0.25, 0.3) is 0 Å². The lowest BCUT2D eigenvalue weighted by atomic mass is 10.1. The van der Waals surface area contributed by atoms with Crippen molar-refractivity contribution in [2.45, 2.75) is 6.92 Å². The van der Waals surface area contributed by atoms with E-state index >= 15 is 0 Å². The predicted molar refractivity (Wildman–Crippen MR) is 63.3 cm³/mol. The molecule has 0 amide bonds. The van der Waals surface area contributed by atoms with E-state index in [1.54, 1.807) is 20.0 Å². The smallest absolute Gasteiger partial charge is 0.216 e. The molecule has 0 aliphatic carbocycles. The Morgan fingerprint density at radius 2 is 2.18 bits per heavy atom. The van der Waals surface area contributed by atoms with Crippen LogP contribution >= 0.6 is 15.9 Å². The molecule has 0 bridgehead atoms. The fourth-order valence-electron chi connectivity index (χ4n) is 1.51. The molecule has 2 rings (SSSR count). The molecule has 0 N–H and O–H groups in total. The summed E-state index contributed by atoms with van der Waals surface area (Å²) in [6, 6.07) is 4.40. The van der Waals surface area contributed by atoms with Crippen molar-refractivity contribution in [2.75, 3.05) is 0 Å². The largest absolute Gasteiger partial charge is 0.287 e. The summed E-state index contributed by atoms with van der Waals surface area (Å²) in [5.41, 5.74) is 1.08. The first-order valence-corrected chi connectivity index (χ1v) is 5.66. The molecule has 6 heteroatoms. The summed E-state index contributed by atoms with van der Waals surface area (Å²) < 4.78 is 15.2. The zero-order valence-electron chi connectivity index (χ0n) is 9.24. The monoisotopic (exact) mass is 297 g/mol. The zero-order chi connectivity index (χ0) is 12.6. The Labute approximate surface area is 106 Å². The van der Waals surface area contributed by atoms with Gasteiger partial charge in [-0.15, -0.1) is 5.10 Å². The molecule has 88 valence electrons. The van der Waals surface area contributed by atoms with Crippen LogP contribution in [0.5, 0.6) is 0 Å². The lowest BCUT2D eigenvalue weighted by Gasteiger charge is -2.04. The lowest BCUT2D eigenvalue weighted by Crippen LogP contribution is -2.11. The Morgan fingerprint density at radius 3 is 2.76 bits per heavy atom. The van der Waals surface area contributed by atoms with Crippen LogP contribution in [0.25, 0.3) is 0 Å². The van der Waals surface area contributed by atoms with E-state index in [0.717, 1.165) is 5.56 Å². The number of nitrogens with zero attached hydrogens (tertiary/aromatic N) is 3. The molecule has 0 atom stereocenters. The number of rotatable bonds is 2. The summed E-state index contributed by atoms with van der Waals surface area (Å²) in [4.78, 5) is 12.2. The van der Waals surface area contributed by atoms with E-state index in [4.69, 9.17) is 0 Å². The van der Waals surface area contributed by atoms with Crippen molar-refractivity contribution in [1.29, 1.82) is 0 Å². The van der Waals surface area contributed by atoms with Crippen molar-refractivity contribution < 1.29 is 9.18 Å². The first-order chi connectivity index (χ1) is 8.00. The van der Waals surface area contributed by atoms with Crippen LogP contribution in [0.1, 0.15) is 21.6 Å². The molecule has 4 nitrogen and oxygen atoms in total. The SMILES string of the molecule is Cc1ccc(F)c(C(=O)c2c(Br)nnn2C)c1. The van der Waals surface area contributed by atoms with Gasteiger partial charge in [-0.1, -0.05) is 16.8 Å². The Hall–Kier alpha value is -1.56. The second-order valence-electron chi connectivity index (χ2n) is 3.66. The van der Waals surface area contributed by atoms with Crippen molar-refractivity contribution >= 4 is 21.7 Å². The molecule has 0 radical (unpaired) electrons. The van der Waals surface area contributed by atoms with E-state index in [2.05, 4.69) is 26.2 Å². The normalized spacial score (nSPS) is 10.6. The highest BCUT2D eigenvalue weighted by atomic mass is 79.9. The topological polar surface area (TPSA) is 47.8 Å². The van der Waals surface area contributed by atoms with Crippen molar-refractivity contribution in [3.05, 3.63) is 45.4 Å². The number of hydrogen-bond donors (Lipinski definition) is 0. The van der Waals surface area contributed by atoms with Crippen LogP contribution in [-0.4, -0.2) is 20.8 Å². The van der Waals surface area contributed by atoms with E-state index in [1.165, 1.54) is 16.8 Å². The van der Waals surface area contributed by atoms with Crippen LogP contribution in [0.2, 0.25) is 0 Å². The average Bonchev–Trinajstić information content (AvgIpc) is 2.61. The van der Waals surface area contributed by atoms with Gasteiger partial charge < -0.3 is 0 Å². The number of hydrogen-bond acceptors (Lipinski definition) is 3. The summed E-state index contributed by atoms with van der Waals surface area (Å²) in [7, 11) is 1.58. The van der Waals surface area contributed by atoms with Crippen LogP contribution in [0.3, 0.4) is 0 Å². The number of aromatic nitrogens is 3. The average molecular weight is 298 g/mol. The highest BCUT2D eigenvalue weighted by Gasteiger charge is 2.21. The lowest BCUT2D eigenvalue weighted by molar-refractivity contribution is 0.102. The molecule has 0 fully saturated rings. The summed E-state index contributed by atoms with van der Waals surface area (Å²) in [6.07, 6.45) is 0. The molecular weight excluding hydrogens is 289 g/mol. The van der Waals surface area contributed by atoms with E-state index in [9.17, 15) is 9.18 Å². The number of halogens is 2. The first kappa shape index (κ1) is 11.9. The van der Waals surface area contributed by atoms with Crippen LogP contribution < -0.4 is 0 Å². The van der Waals surface area contributed by atoms with Crippen LogP contribution in [-0.2, 0) is 7.05 Å². The van der Waals surface area contributed by atoms with Crippen molar-refractivity contribution in [3.8, 4) is 0 Å². The van der Waals surface area contributed by atoms with Crippen LogP contribution in [0.15, 0.2) is 22.8 Å². The first-order valence-electron chi connectivity index (χ1n) is 4.86. The molecule has 1 aromatic carbocycles. The molecule has 0 saturated heterocycles. The minimum Gasteiger partial charge on any atom is -0.287 e. The maximum Gasteiger partial charge on any atom is 0.216 e. The van der Waals surface area contributed by atoms with E-state index < -0.39 is 11.6 Å². The third kappa shape index (κ3) is 2.12. The minimum atomic E-state index is -0.548. The summed E-state index contributed by atoms with van der Waals surface area (Å²) in [5, 5.41) is 7.39. The van der Waals surface area contributed by atoms with Gasteiger partial charge in [0.05, 0.1) is 5.56 Å². The third-order valence-corrected chi connectivity index (χ3v) is 2.90. The Bertz CT molecular complexity index is 575. The molecule has 1 heterocycles. The fraction of sp³-hybridized carbons (Fsp3) is 0.182. The molecule has 2 aromatic rings. The number of carbonyl (C=O) groups excluding carboxylic acids is 1. The Kier molecular flexibility index (Phi) is 3.06. The molecular formula is C11H9BrFN3O. The Morgan fingerprint density at radius 1 is 1.47 bits per heavy atom. The van der Waals surface area contributed by atoms with Crippen molar-refractivity contribution in [1.82, 2.24) is 15.0 Å². The van der Waals surface area contributed by atoms with Crippen LogP contribution in [0.4, 0.5) is 4.39 Å². The number of carbonyl (C=O) groups is 1. The number of aryl methyl sites for hydroxylation is 2. The van der Waals surface area contributed by atoms with Gasteiger partial charge in [-0.3, -0.25) is 4.79 Å². The maximum absolute atomic E-state index is 13.6. The maximum atomic E-state index is 13.6. The van der Waals surface area contributed by atoms with Gasteiger partial charge in [0, 0.05) is 7.05 Å². The molecule has 0 aliphatic rings. The highest BCUT2D eigenvalue weighted by molar-refractivity contribution is 9.10. The van der Waals surface area contributed by atoms with E-state index in [0.29, 0.717) is 4.60 Å². The molecule has 0 saturated carbocycles. The molecule has 1 aromatic heterocycles. The van der Waals surface area contributed by atoms with Crippen molar-refractivity contribution in [2.24, 2.45) is 7.05 Å². The zero-order valence-corrected chi connectivity index (χ0v) is 10.8. The third-order valence-electron chi connectivity index (χ3n) is 2.37. The molecule has 0 aliphatic heterocycles. The number of benzene rings is 1. The van der Waals surface area contributed by atoms with Gasteiger partial charge in [-0.2, -0.15) is 0 Å². The van der Waals surface area contributed by atoms with Gasteiger partial charge in [0.15, 0.2) is 4.60 Å². The van der Waals surface area contributed by atoms with Crippen LogP contribution in [0, 0.1) is 12.7 Å². The van der Waals surface area contributed by atoms with Crippen molar-refractivity contribution in [3.63, 3.8) is 0 Å². The quantitative estimate of drug-likeness (QED) is 0.799. The number of ketones is 1. The summed E-state index contributed by atoms with van der Waals surface area (Å²) >= 11 is 3.12. The molecule has 0 spiro atoms. The second kappa shape index (κ2) is 4.37. The summed E-state index contributed by atoms with van der Waals surface area (Å²) in [5.74, 6) is -0.987. The molecule has 0 unspecified atom stereocenters. The van der Waals surface area contributed by atoms with E-state index in [1.807, 2.05) is 0 Å². The highest BCUT2D eigenvalue weighted by Crippen LogP contribution is 2.19. The molecule has 17 heavy (non-hydrogen) atoms. The summed E-state index contributed by atoms with van der Waals surface area (Å²) in [6.45, 7) is 1.80. The van der Waals surface area contributed by atoms with E-state index in [-0.39, 0.29) is 11.3 Å². The standard InChI is InChI=1S/C11H9BrFN3O/c1-6-3-4-8(13)7(5-6)10(17)9-11(12)14-15-16(9)2/h3-5H,1-2H3. The van der Waals surface area contributed by atoms with Gasteiger partial charge in [0.1, 0.15) is 11.5 Å².